The summed E-state index contributed by atoms with van der Waals surface area (Å²) in [6.07, 6.45) is -5.45. The van der Waals surface area contributed by atoms with Crippen molar-refractivity contribution in [3.63, 3.8) is 0 Å². The van der Waals surface area contributed by atoms with Crippen LogP contribution in [0.25, 0.3) is 0 Å². The number of aliphatic hydroxyl groups is 6. The quantitative estimate of drug-likeness (QED) is 0.124. The van der Waals surface area contributed by atoms with Crippen LogP contribution in [0.15, 0.2) is 0 Å². The minimum Gasteiger partial charge on any atom is -0.457 e. The third kappa shape index (κ3) is 113. The van der Waals surface area contributed by atoms with Crippen LogP contribution in [0, 0.1) is 0 Å². The van der Waals surface area contributed by atoms with Gasteiger partial charge in [0.1, 0.15) is 0 Å². The number of aliphatic hydroxyl groups excluding tert-OH is 3. The molecule has 0 rings (SSSR count). The van der Waals surface area contributed by atoms with Gasteiger partial charge in [-0.15, -0.1) is 0 Å². The summed E-state index contributed by atoms with van der Waals surface area (Å²) in [5.41, 5.74) is 0. The maximum atomic E-state index is 9.00. The number of rotatable bonds is 3. The molecule has 0 saturated carbocycles. The van der Waals surface area contributed by atoms with Gasteiger partial charge in [0.05, 0.1) is 0 Å². The van der Waals surface area contributed by atoms with Crippen LogP contribution in [-0.2, 0) is 25.3 Å². The van der Waals surface area contributed by atoms with Gasteiger partial charge in [0.2, 0.25) is 18.9 Å². The lowest BCUT2D eigenvalue weighted by atomic mass is 10.6. The Morgan fingerprint density at radius 3 is 0.789 bits per heavy atom. The molecule has 0 aromatic carbocycles. The number of hydrogen-bond donors (Lipinski definition) is 6. The molecular formula is C6H22O13+2. The largest absolute Gasteiger partial charge is 0.457 e. The van der Waals surface area contributed by atoms with Crippen molar-refractivity contribution in [2.24, 2.45) is 0 Å². The van der Waals surface area contributed by atoms with E-state index in [1.165, 1.54) is 0 Å². The van der Waals surface area contributed by atoms with Gasteiger partial charge in [0.25, 0.3) is 0 Å². The highest BCUT2D eigenvalue weighted by atomic mass is 16.6. The highest BCUT2D eigenvalue weighted by Gasteiger charge is 2.04. The molecule has 13 heteroatoms. The fourth-order valence-electron chi connectivity index (χ4n) is 0. The third-order valence-corrected chi connectivity index (χ3v) is 0.444. The smallest absolute Gasteiger partial charge is 0.209 e. The van der Waals surface area contributed by atoms with E-state index >= 15 is 0 Å². The first-order valence-corrected chi connectivity index (χ1v) is 3.26. The molecule has 0 bridgehead atoms. The van der Waals surface area contributed by atoms with Crippen LogP contribution >= 0.6 is 0 Å². The van der Waals surface area contributed by atoms with Gasteiger partial charge in [0, 0.05) is 0 Å². The minimum absolute atomic E-state index is 0. The second kappa shape index (κ2) is 36.0. The van der Waals surface area contributed by atoms with Crippen molar-refractivity contribution >= 4 is 18.9 Å². The summed E-state index contributed by atoms with van der Waals surface area (Å²) in [7, 11) is 0. The second-order valence-corrected chi connectivity index (χ2v) is 1.65. The Labute approximate surface area is 106 Å². The van der Waals surface area contributed by atoms with Crippen molar-refractivity contribution in [2.45, 2.75) is 18.9 Å². The molecule has 0 aliphatic heterocycles. The van der Waals surface area contributed by atoms with Crippen molar-refractivity contribution in [1.82, 2.24) is 0 Å². The zero-order valence-corrected chi connectivity index (χ0v) is 9.53. The SMILES string of the molecule is O.O.O=CC(O)O.O=CC=O.OC(O)C(O)O.[OH3+].[OH3+]. The van der Waals surface area contributed by atoms with Crippen LogP contribution < -0.4 is 0 Å². The van der Waals surface area contributed by atoms with Gasteiger partial charge in [-0.1, -0.05) is 0 Å². The maximum Gasteiger partial charge on any atom is 0.209 e. The Kier molecular flexibility index (Phi) is 81.7. The molecule has 0 atom stereocenters. The molecule has 0 unspecified atom stereocenters. The molecule has 0 aromatic rings. The summed E-state index contributed by atoms with van der Waals surface area (Å²) in [5, 5.41) is 45.8. The summed E-state index contributed by atoms with van der Waals surface area (Å²) < 4.78 is 0. The van der Waals surface area contributed by atoms with Crippen molar-refractivity contribution in [3.05, 3.63) is 0 Å². The lowest BCUT2D eigenvalue weighted by molar-refractivity contribution is -0.207. The highest BCUT2D eigenvalue weighted by molar-refractivity contribution is 6.09. The fourth-order valence-corrected chi connectivity index (χ4v) is 0. The molecule has 19 heavy (non-hydrogen) atoms. The van der Waals surface area contributed by atoms with E-state index in [4.69, 9.17) is 45.0 Å². The molecule has 0 aliphatic carbocycles. The number of carbonyl (C=O) groups excluding carboxylic acids is 3. The van der Waals surface area contributed by atoms with Crippen molar-refractivity contribution < 1.29 is 66.9 Å². The Morgan fingerprint density at radius 1 is 0.632 bits per heavy atom. The van der Waals surface area contributed by atoms with E-state index < -0.39 is 18.9 Å². The normalized spacial score (nSPS) is 6.79. The minimum atomic E-state index is -2.04. The fraction of sp³-hybridized carbons (Fsp3) is 0.500. The van der Waals surface area contributed by atoms with Gasteiger partial charge in [0.15, 0.2) is 18.9 Å². The Bertz CT molecular complexity index is 143. The van der Waals surface area contributed by atoms with Gasteiger partial charge in [-0.25, -0.2) is 0 Å². The lowest BCUT2D eigenvalue weighted by Gasteiger charge is -2.01. The standard InChI is InChI=1S/C2H6O4.C2H4O3.C2H2O2.4H2O/c3-1(4)2(5)6;3-1-2(4)5;3-1-2-4;;;;/h1-6H;1-2,4-5H;1-2H;4*1H2/p+2. The highest BCUT2D eigenvalue weighted by Crippen LogP contribution is 1.77. The van der Waals surface area contributed by atoms with Crippen LogP contribution in [0.5, 0.6) is 0 Å². The molecule has 13 nitrogen and oxygen atoms in total. The zero-order valence-electron chi connectivity index (χ0n) is 9.53. The summed E-state index contributed by atoms with van der Waals surface area (Å²) in [4.78, 5) is 26.6. The average molecular weight is 302 g/mol. The summed E-state index contributed by atoms with van der Waals surface area (Å²) in [5.74, 6) is 0. The van der Waals surface area contributed by atoms with Gasteiger partial charge < -0.3 is 52.5 Å². The van der Waals surface area contributed by atoms with Gasteiger partial charge in [-0.05, 0) is 0 Å². The molecule has 0 heterocycles. The number of hydrogen-bond acceptors (Lipinski definition) is 9. The number of aldehydes is 3. The number of carbonyl (C=O) groups is 3. The van der Waals surface area contributed by atoms with E-state index in [-0.39, 0.29) is 40.8 Å². The third-order valence-electron chi connectivity index (χ3n) is 0.444. The monoisotopic (exact) mass is 302 g/mol. The second-order valence-electron chi connectivity index (χ2n) is 1.65. The van der Waals surface area contributed by atoms with E-state index in [9.17, 15) is 0 Å². The van der Waals surface area contributed by atoms with Crippen LogP contribution in [0.3, 0.4) is 0 Å². The molecule has 16 N–H and O–H groups in total. The Morgan fingerprint density at radius 2 is 0.789 bits per heavy atom. The van der Waals surface area contributed by atoms with Crippen molar-refractivity contribution in [1.29, 1.82) is 0 Å². The van der Waals surface area contributed by atoms with E-state index in [0.717, 1.165) is 0 Å². The van der Waals surface area contributed by atoms with Crippen LogP contribution in [0.2, 0.25) is 0 Å². The molecule has 0 aromatic heterocycles. The Hall–Kier alpha value is -1.39. The Balaban J connectivity index is -0.0000000209. The summed E-state index contributed by atoms with van der Waals surface area (Å²) >= 11 is 0. The zero-order chi connectivity index (χ0) is 12.9. The van der Waals surface area contributed by atoms with E-state index in [1.54, 1.807) is 0 Å². The molecule has 0 aliphatic rings. The maximum absolute atomic E-state index is 9.00. The van der Waals surface area contributed by atoms with Crippen molar-refractivity contribution in [2.75, 3.05) is 0 Å². The first-order valence-electron chi connectivity index (χ1n) is 3.26. The molecule has 0 radical (unpaired) electrons. The summed E-state index contributed by atoms with van der Waals surface area (Å²) in [6, 6.07) is 0. The summed E-state index contributed by atoms with van der Waals surface area (Å²) in [6.45, 7) is 0. The van der Waals surface area contributed by atoms with E-state index in [2.05, 4.69) is 0 Å². The first-order chi connectivity index (χ1) is 6.83. The van der Waals surface area contributed by atoms with E-state index in [0.29, 0.717) is 0 Å². The average Bonchev–Trinajstić information content (AvgIpc) is 2.19. The van der Waals surface area contributed by atoms with E-state index in [1.807, 2.05) is 0 Å². The van der Waals surface area contributed by atoms with Gasteiger partial charge in [-0.2, -0.15) is 0 Å². The molecule has 0 saturated heterocycles. The molecule has 0 fully saturated rings. The lowest BCUT2D eigenvalue weighted by Crippen LogP contribution is -2.23. The molecule has 0 amide bonds. The predicted molar refractivity (Wildman–Crippen MR) is 59.8 cm³/mol. The van der Waals surface area contributed by atoms with Crippen LogP contribution in [0.4, 0.5) is 0 Å². The van der Waals surface area contributed by atoms with Gasteiger partial charge >= 0.3 is 0 Å². The molecule has 122 valence electrons. The molecule has 0 spiro atoms. The van der Waals surface area contributed by atoms with Gasteiger partial charge in [-0.3, -0.25) is 14.4 Å². The topological polar surface area (TPSA) is 302 Å². The van der Waals surface area contributed by atoms with Crippen molar-refractivity contribution in [3.8, 4) is 0 Å². The van der Waals surface area contributed by atoms with Crippen LogP contribution in [0.1, 0.15) is 0 Å². The molecular weight excluding hydrogens is 280 g/mol. The van der Waals surface area contributed by atoms with Crippen LogP contribution in [-0.4, -0.2) is 79.3 Å². The first kappa shape index (κ1) is 43.2. The predicted octanol–water partition coefficient (Wildman–Crippen LogP) is -8.01.